The normalized spacial score (nSPS) is 14.0. The fourth-order valence-corrected chi connectivity index (χ4v) is 2.10. The zero-order valence-electron chi connectivity index (χ0n) is 12.6. The minimum Gasteiger partial charge on any atom is -0.463 e. The molecule has 114 valence electrons. The molecule has 1 aromatic rings. The van der Waals surface area contributed by atoms with E-state index in [1.54, 1.807) is 38.1 Å². The lowest BCUT2D eigenvalue weighted by Crippen LogP contribution is -2.06. The molecular weight excluding hydrogens is 288 g/mol. The van der Waals surface area contributed by atoms with Crippen LogP contribution in [0.25, 0.3) is 0 Å². The molecular formula is C17H21ClO3. The summed E-state index contributed by atoms with van der Waals surface area (Å²) in [6.07, 6.45) is 3.27. The number of benzene rings is 1. The van der Waals surface area contributed by atoms with Gasteiger partial charge in [0.2, 0.25) is 0 Å². The molecule has 0 fully saturated rings. The molecule has 0 aromatic heterocycles. The molecule has 0 heterocycles. The molecule has 1 rings (SSSR count). The molecule has 3 nitrogen and oxygen atoms in total. The van der Waals surface area contributed by atoms with Gasteiger partial charge in [0.25, 0.3) is 0 Å². The Morgan fingerprint density at radius 3 is 2.48 bits per heavy atom. The zero-order valence-corrected chi connectivity index (χ0v) is 13.4. The van der Waals surface area contributed by atoms with Gasteiger partial charge in [0, 0.05) is 11.1 Å². The number of allylic oxidation sites excluding steroid dienone is 1. The van der Waals surface area contributed by atoms with Gasteiger partial charge in [-0.25, -0.2) is 4.79 Å². The maximum Gasteiger partial charge on any atom is 0.331 e. The second-order valence-electron chi connectivity index (χ2n) is 4.60. The summed E-state index contributed by atoms with van der Waals surface area (Å²) in [5.41, 5.74) is 2.13. The predicted octanol–water partition coefficient (Wildman–Crippen LogP) is 4.22. The maximum atomic E-state index is 11.5. The molecule has 0 aliphatic rings. The molecule has 0 spiro atoms. The molecule has 0 aliphatic carbocycles. The van der Waals surface area contributed by atoms with Crippen LogP contribution in [0.2, 0.25) is 5.02 Å². The van der Waals surface area contributed by atoms with Gasteiger partial charge in [-0.1, -0.05) is 36.7 Å². The summed E-state index contributed by atoms with van der Waals surface area (Å²) in [7, 11) is 0. The molecule has 0 saturated carbocycles. The molecule has 0 aliphatic heterocycles. The van der Waals surface area contributed by atoms with E-state index >= 15 is 0 Å². The fourth-order valence-electron chi connectivity index (χ4n) is 1.98. The third-order valence-electron chi connectivity index (χ3n) is 2.98. The molecule has 1 aromatic carbocycles. The summed E-state index contributed by atoms with van der Waals surface area (Å²) in [6.45, 7) is 5.85. The summed E-state index contributed by atoms with van der Waals surface area (Å²) in [5.74, 6) is -0.402. The molecule has 0 saturated heterocycles. The van der Waals surface area contributed by atoms with Crippen molar-refractivity contribution in [2.24, 2.45) is 0 Å². The van der Waals surface area contributed by atoms with Gasteiger partial charge in [-0.2, -0.15) is 0 Å². The number of hydrogen-bond donors (Lipinski definition) is 1. The van der Waals surface area contributed by atoms with Gasteiger partial charge >= 0.3 is 5.97 Å². The van der Waals surface area contributed by atoms with E-state index in [1.807, 2.05) is 13.0 Å². The lowest BCUT2D eigenvalue weighted by Gasteiger charge is -2.16. The lowest BCUT2D eigenvalue weighted by molar-refractivity contribution is -0.137. The number of carbonyl (C=O) groups excluding carboxylic acids is 1. The summed E-state index contributed by atoms with van der Waals surface area (Å²) >= 11 is 5.85. The number of rotatable bonds is 6. The summed E-state index contributed by atoms with van der Waals surface area (Å²) in [5, 5.41) is 11.1. The summed E-state index contributed by atoms with van der Waals surface area (Å²) in [4.78, 5) is 11.5. The lowest BCUT2D eigenvalue weighted by atomic mass is 9.95. The van der Waals surface area contributed by atoms with E-state index in [0.717, 1.165) is 12.0 Å². The van der Waals surface area contributed by atoms with E-state index in [-0.39, 0.29) is 0 Å². The molecule has 1 unspecified atom stereocenters. The molecule has 4 heteroatoms. The minimum atomic E-state index is -0.798. The first-order valence-corrected chi connectivity index (χ1v) is 7.36. The van der Waals surface area contributed by atoms with Crippen molar-refractivity contribution in [3.05, 3.63) is 58.1 Å². The summed E-state index contributed by atoms with van der Waals surface area (Å²) < 4.78 is 4.90. The van der Waals surface area contributed by atoms with Crippen LogP contribution in [0.4, 0.5) is 0 Å². The van der Waals surface area contributed by atoms with E-state index in [9.17, 15) is 9.90 Å². The van der Waals surface area contributed by atoms with Gasteiger partial charge in [0.05, 0.1) is 6.61 Å². The van der Waals surface area contributed by atoms with Crippen LogP contribution < -0.4 is 0 Å². The largest absolute Gasteiger partial charge is 0.463 e. The van der Waals surface area contributed by atoms with Crippen molar-refractivity contribution in [2.75, 3.05) is 6.61 Å². The van der Waals surface area contributed by atoms with E-state index < -0.39 is 12.1 Å². The number of halogens is 1. The van der Waals surface area contributed by atoms with Crippen molar-refractivity contribution >= 4 is 17.6 Å². The second kappa shape index (κ2) is 8.65. The molecule has 21 heavy (non-hydrogen) atoms. The van der Waals surface area contributed by atoms with Gasteiger partial charge < -0.3 is 9.84 Å². The van der Waals surface area contributed by atoms with Crippen LogP contribution in [0.1, 0.15) is 38.9 Å². The van der Waals surface area contributed by atoms with Gasteiger partial charge in [0.15, 0.2) is 0 Å². The maximum absolute atomic E-state index is 11.5. The first-order chi connectivity index (χ1) is 9.99. The Hall–Kier alpha value is -1.58. The highest BCUT2D eigenvalue weighted by molar-refractivity contribution is 6.30. The Kier molecular flexibility index (Phi) is 7.20. The molecule has 1 atom stereocenters. The van der Waals surface area contributed by atoms with Crippen LogP contribution in [0.5, 0.6) is 0 Å². The Balaban J connectivity index is 3.03. The Morgan fingerprint density at radius 1 is 1.33 bits per heavy atom. The molecule has 0 radical (unpaired) electrons. The van der Waals surface area contributed by atoms with Crippen molar-refractivity contribution in [2.45, 2.75) is 33.3 Å². The molecule has 0 bridgehead atoms. The first kappa shape index (κ1) is 17.5. The minimum absolute atomic E-state index is 0.329. The number of hydrogen-bond acceptors (Lipinski definition) is 3. The van der Waals surface area contributed by atoms with Crippen molar-refractivity contribution in [1.82, 2.24) is 0 Å². The van der Waals surface area contributed by atoms with Gasteiger partial charge in [0.1, 0.15) is 6.10 Å². The van der Waals surface area contributed by atoms with Crippen molar-refractivity contribution in [3.63, 3.8) is 0 Å². The van der Waals surface area contributed by atoms with E-state index in [4.69, 9.17) is 16.3 Å². The fraction of sp³-hybridized carbons (Fsp3) is 0.353. The van der Waals surface area contributed by atoms with E-state index in [1.165, 1.54) is 6.08 Å². The highest BCUT2D eigenvalue weighted by Gasteiger charge is 2.15. The third-order valence-corrected chi connectivity index (χ3v) is 3.23. The first-order valence-electron chi connectivity index (χ1n) is 6.98. The van der Waals surface area contributed by atoms with Crippen LogP contribution in [-0.2, 0) is 9.53 Å². The SMILES string of the molecule is CC/C=C(\C(C)=C\C(=O)OCC)C(O)c1ccc(Cl)cc1. The van der Waals surface area contributed by atoms with Gasteiger partial charge in [-0.15, -0.1) is 0 Å². The van der Waals surface area contributed by atoms with E-state index in [2.05, 4.69) is 0 Å². The Morgan fingerprint density at radius 2 is 1.95 bits per heavy atom. The third kappa shape index (κ3) is 5.37. The Bertz CT molecular complexity index is 529. The highest BCUT2D eigenvalue weighted by Crippen LogP contribution is 2.28. The summed E-state index contributed by atoms with van der Waals surface area (Å²) in [6, 6.07) is 7.00. The van der Waals surface area contributed by atoms with Crippen LogP contribution in [0.15, 0.2) is 47.6 Å². The topological polar surface area (TPSA) is 46.5 Å². The highest BCUT2D eigenvalue weighted by atomic mass is 35.5. The van der Waals surface area contributed by atoms with Crippen LogP contribution in [0, 0.1) is 0 Å². The number of aliphatic hydroxyl groups excluding tert-OH is 1. The quantitative estimate of drug-likeness (QED) is 0.486. The Labute approximate surface area is 130 Å². The standard InChI is InChI=1S/C17H21ClO3/c1-4-6-15(12(3)11-16(19)21-5-2)17(20)13-7-9-14(18)10-8-13/h6-11,17,20H,4-5H2,1-3H3/b12-11+,15-6+. The van der Waals surface area contributed by atoms with E-state index in [0.29, 0.717) is 22.8 Å². The molecule has 1 N–H and O–H groups in total. The van der Waals surface area contributed by atoms with Crippen LogP contribution >= 0.6 is 11.6 Å². The second-order valence-corrected chi connectivity index (χ2v) is 5.04. The van der Waals surface area contributed by atoms with Gasteiger partial charge in [-0.3, -0.25) is 0 Å². The monoisotopic (exact) mass is 308 g/mol. The zero-order chi connectivity index (χ0) is 15.8. The number of aliphatic hydroxyl groups is 1. The van der Waals surface area contributed by atoms with Crippen LogP contribution in [-0.4, -0.2) is 17.7 Å². The number of ether oxygens (including phenoxy) is 1. The smallest absolute Gasteiger partial charge is 0.331 e. The van der Waals surface area contributed by atoms with Gasteiger partial charge in [-0.05, 0) is 49.1 Å². The predicted molar refractivity (Wildman–Crippen MR) is 85.2 cm³/mol. The van der Waals surface area contributed by atoms with Crippen molar-refractivity contribution < 1.29 is 14.6 Å². The average Bonchev–Trinajstić information content (AvgIpc) is 2.45. The molecule has 0 amide bonds. The van der Waals surface area contributed by atoms with Crippen LogP contribution in [0.3, 0.4) is 0 Å². The average molecular weight is 309 g/mol. The van der Waals surface area contributed by atoms with Crippen molar-refractivity contribution in [1.29, 1.82) is 0 Å². The van der Waals surface area contributed by atoms with Crippen molar-refractivity contribution in [3.8, 4) is 0 Å². The number of esters is 1. The number of carbonyl (C=O) groups is 1.